The van der Waals surface area contributed by atoms with Crippen molar-refractivity contribution in [2.75, 3.05) is 37.6 Å². The lowest BCUT2D eigenvalue weighted by molar-refractivity contribution is 0.0697. The van der Waals surface area contributed by atoms with Crippen molar-refractivity contribution in [2.45, 2.75) is 77.7 Å². The van der Waals surface area contributed by atoms with Gasteiger partial charge in [0, 0.05) is 54.2 Å². The van der Waals surface area contributed by atoms with Crippen LogP contribution in [0.4, 0.5) is 5.69 Å². The number of likely N-dealkylation sites (tertiary alicyclic amines) is 1. The van der Waals surface area contributed by atoms with Gasteiger partial charge in [0.15, 0.2) is 0 Å². The molecule has 7 heteroatoms. The third-order valence-corrected chi connectivity index (χ3v) is 11.4. The maximum Gasteiger partial charge on any atom is 0.335 e. The van der Waals surface area contributed by atoms with Crippen LogP contribution in [0.2, 0.25) is 0 Å². The summed E-state index contributed by atoms with van der Waals surface area (Å²) in [7, 11) is 0. The first-order valence-corrected chi connectivity index (χ1v) is 18.2. The molecule has 2 aliphatic heterocycles. The van der Waals surface area contributed by atoms with E-state index < -0.39 is 5.97 Å². The van der Waals surface area contributed by atoms with Gasteiger partial charge in [0.2, 0.25) is 0 Å². The van der Waals surface area contributed by atoms with Crippen molar-refractivity contribution >= 4 is 33.5 Å². The van der Waals surface area contributed by atoms with Crippen LogP contribution in [0.5, 0.6) is 0 Å². The molecule has 3 aliphatic rings. The smallest absolute Gasteiger partial charge is 0.335 e. The number of aryl methyl sites for hydroxylation is 1. The zero-order chi connectivity index (χ0) is 32.8. The van der Waals surface area contributed by atoms with E-state index in [-0.39, 0.29) is 0 Å². The number of aromatic nitrogens is 3. The number of nitrogens with zero attached hydrogens (tertiary/aromatic N) is 5. The molecule has 0 spiro atoms. The Bertz CT molecular complexity index is 1990. The number of carboxylic acids is 1. The van der Waals surface area contributed by atoms with Crippen molar-refractivity contribution in [1.29, 1.82) is 0 Å². The minimum atomic E-state index is -0.869. The van der Waals surface area contributed by atoms with Crippen molar-refractivity contribution in [3.8, 4) is 22.6 Å². The second-order valence-corrected chi connectivity index (χ2v) is 14.4. The highest BCUT2D eigenvalue weighted by Gasteiger charge is 2.32. The number of piperidine rings is 1. The Kier molecular flexibility index (Phi) is 8.41. The molecule has 1 atom stereocenters. The molecule has 5 aromatic rings. The Hall–Kier alpha value is -4.23. The van der Waals surface area contributed by atoms with Crippen molar-refractivity contribution in [3.63, 3.8) is 0 Å². The van der Waals surface area contributed by atoms with Gasteiger partial charge in [0.1, 0.15) is 0 Å². The number of fused-ring (bicyclic) bond motifs is 7. The molecule has 0 amide bonds. The van der Waals surface area contributed by atoms with Crippen LogP contribution in [0.1, 0.15) is 85.7 Å². The average molecular weight is 642 g/mol. The molecule has 1 aliphatic carbocycles. The van der Waals surface area contributed by atoms with Gasteiger partial charge in [-0.15, -0.1) is 0 Å². The molecule has 248 valence electrons. The minimum Gasteiger partial charge on any atom is -0.478 e. The number of anilines is 1. The van der Waals surface area contributed by atoms with E-state index in [1.54, 1.807) is 6.07 Å². The molecule has 8 rings (SSSR count). The lowest BCUT2D eigenvalue weighted by atomic mass is 9.81. The van der Waals surface area contributed by atoms with Crippen molar-refractivity contribution < 1.29 is 9.90 Å². The van der Waals surface area contributed by atoms with Crippen molar-refractivity contribution in [1.82, 2.24) is 19.4 Å². The van der Waals surface area contributed by atoms with Gasteiger partial charge in [-0.3, -0.25) is 4.98 Å². The van der Waals surface area contributed by atoms with Crippen LogP contribution in [0.15, 0.2) is 60.8 Å². The molecule has 1 saturated heterocycles. The Balaban J connectivity index is 1.31. The topological polar surface area (TPSA) is 74.5 Å². The van der Waals surface area contributed by atoms with Gasteiger partial charge < -0.3 is 19.5 Å². The second-order valence-electron chi connectivity index (χ2n) is 14.4. The molecule has 2 aromatic carbocycles. The van der Waals surface area contributed by atoms with E-state index in [9.17, 15) is 9.90 Å². The van der Waals surface area contributed by atoms with E-state index in [4.69, 9.17) is 4.98 Å². The first-order chi connectivity index (χ1) is 23.5. The standard InChI is InChI=1S/C41H47N5O2/c1-3-44-20-7-8-28(26-44)18-21-45-22-23-46-37-25-30(41(47)48)11-12-32(37)38(29-9-5-4-6-10-29)40(46)33-14-15-34-31(39(33)45)13-16-35(43-34)36-24-27(2)17-19-42-36/h11-17,19,24-25,28-29H,3-10,18,20-23,26H2,1-2H3,(H,47,48). The van der Waals surface area contributed by atoms with Crippen LogP contribution in [-0.2, 0) is 6.54 Å². The molecule has 5 heterocycles. The van der Waals surface area contributed by atoms with Gasteiger partial charge in [0.25, 0.3) is 0 Å². The predicted molar refractivity (Wildman–Crippen MR) is 195 cm³/mol. The lowest BCUT2D eigenvalue weighted by Crippen LogP contribution is -2.37. The fourth-order valence-corrected chi connectivity index (χ4v) is 8.94. The monoisotopic (exact) mass is 641 g/mol. The van der Waals surface area contributed by atoms with Crippen LogP contribution < -0.4 is 4.90 Å². The van der Waals surface area contributed by atoms with Gasteiger partial charge in [-0.1, -0.05) is 32.3 Å². The maximum absolute atomic E-state index is 12.2. The Morgan fingerprint density at radius 3 is 2.56 bits per heavy atom. The molecule has 1 saturated carbocycles. The SMILES string of the molecule is CCN1CCCC(CCN2CCn3c(c(C4CCCCC4)c4ccc(C(=O)O)cc43)-c3ccc4nc(-c5cc(C)ccn5)ccc4c32)C1. The van der Waals surface area contributed by atoms with Crippen LogP contribution >= 0.6 is 0 Å². The molecular weight excluding hydrogens is 594 g/mol. The number of rotatable bonds is 7. The molecular formula is C41H47N5O2. The number of hydrogen-bond acceptors (Lipinski definition) is 5. The summed E-state index contributed by atoms with van der Waals surface area (Å²) in [5.74, 6) is 0.304. The van der Waals surface area contributed by atoms with E-state index in [1.165, 1.54) is 103 Å². The molecule has 0 radical (unpaired) electrons. The minimum absolute atomic E-state index is 0.358. The lowest BCUT2D eigenvalue weighted by Gasteiger charge is -2.34. The van der Waals surface area contributed by atoms with Crippen molar-refractivity contribution in [3.05, 3.63) is 77.5 Å². The summed E-state index contributed by atoms with van der Waals surface area (Å²) < 4.78 is 2.47. The van der Waals surface area contributed by atoms with Gasteiger partial charge in [0.05, 0.1) is 33.8 Å². The highest BCUT2D eigenvalue weighted by molar-refractivity contribution is 6.05. The zero-order valence-corrected chi connectivity index (χ0v) is 28.4. The highest BCUT2D eigenvalue weighted by Crippen LogP contribution is 2.49. The number of pyridine rings is 2. The molecule has 7 nitrogen and oxygen atoms in total. The summed E-state index contributed by atoms with van der Waals surface area (Å²) >= 11 is 0. The predicted octanol–water partition coefficient (Wildman–Crippen LogP) is 8.91. The molecule has 1 N–H and O–H groups in total. The van der Waals surface area contributed by atoms with E-state index in [1.807, 2.05) is 18.3 Å². The highest BCUT2D eigenvalue weighted by atomic mass is 16.4. The van der Waals surface area contributed by atoms with Crippen LogP contribution in [0.3, 0.4) is 0 Å². The van der Waals surface area contributed by atoms with Gasteiger partial charge in [-0.2, -0.15) is 0 Å². The number of hydrogen-bond donors (Lipinski definition) is 1. The number of aromatic carboxylic acids is 1. The fourth-order valence-electron chi connectivity index (χ4n) is 8.94. The van der Waals surface area contributed by atoms with Crippen LogP contribution in [0, 0.1) is 12.8 Å². The number of carbonyl (C=O) groups is 1. The van der Waals surface area contributed by atoms with Gasteiger partial charge >= 0.3 is 5.97 Å². The van der Waals surface area contributed by atoms with Crippen LogP contribution in [-0.4, -0.2) is 63.2 Å². The maximum atomic E-state index is 12.2. The number of carboxylic acid groups (broad SMARTS) is 1. The third-order valence-electron chi connectivity index (χ3n) is 11.4. The molecule has 1 unspecified atom stereocenters. The Labute approximate surface area is 283 Å². The van der Waals surface area contributed by atoms with E-state index in [2.05, 4.69) is 69.6 Å². The molecule has 48 heavy (non-hydrogen) atoms. The van der Waals surface area contributed by atoms with Gasteiger partial charge in [-0.05, 0) is 124 Å². The molecule has 3 aromatic heterocycles. The first-order valence-electron chi connectivity index (χ1n) is 18.2. The average Bonchev–Trinajstić information content (AvgIpc) is 3.35. The quantitative estimate of drug-likeness (QED) is 0.191. The summed E-state index contributed by atoms with van der Waals surface area (Å²) in [6, 6.07) is 18.9. The number of benzene rings is 2. The molecule has 0 bridgehead atoms. The summed E-state index contributed by atoms with van der Waals surface area (Å²) in [6.45, 7) is 10.6. The molecule has 2 fully saturated rings. The van der Waals surface area contributed by atoms with Gasteiger partial charge in [-0.25, -0.2) is 9.78 Å². The first kappa shape index (κ1) is 31.1. The summed E-state index contributed by atoms with van der Waals surface area (Å²) in [6.07, 6.45) is 11.8. The van der Waals surface area contributed by atoms with Crippen molar-refractivity contribution in [2.24, 2.45) is 5.92 Å². The largest absolute Gasteiger partial charge is 0.478 e. The normalized spacial score (nSPS) is 19.0. The van der Waals surface area contributed by atoms with Crippen LogP contribution in [0.25, 0.3) is 44.5 Å². The fraction of sp³-hybridized carbons (Fsp3) is 0.439. The zero-order valence-electron chi connectivity index (χ0n) is 28.4. The Morgan fingerprint density at radius 2 is 1.75 bits per heavy atom. The second kappa shape index (κ2) is 13.0. The van der Waals surface area contributed by atoms with E-state index in [0.717, 1.165) is 48.6 Å². The van der Waals surface area contributed by atoms with E-state index >= 15 is 0 Å². The summed E-state index contributed by atoms with van der Waals surface area (Å²) in [5.41, 5.74) is 10.6. The summed E-state index contributed by atoms with van der Waals surface area (Å²) in [5, 5.41) is 12.4. The van der Waals surface area contributed by atoms with E-state index in [0.29, 0.717) is 17.4 Å². The third kappa shape index (κ3) is 5.66. The Morgan fingerprint density at radius 1 is 0.896 bits per heavy atom. The summed E-state index contributed by atoms with van der Waals surface area (Å²) in [4.78, 5) is 27.3.